The molecule has 0 aromatic heterocycles. The first-order chi connectivity index (χ1) is 16.3. The van der Waals surface area contributed by atoms with E-state index in [1.165, 1.54) is 38.5 Å². The van der Waals surface area contributed by atoms with Crippen molar-refractivity contribution in [3.05, 3.63) is 48.6 Å². The number of benzene rings is 2. The summed E-state index contributed by atoms with van der Waals surface area (Å²) in [5.74, 6) is 2.95. The van der Waals surface area contributed by atoms with E-state index in [0.29, 0.717) is 30.7 Å². The lowest BCUT2D eigenvalue weighted by atomic mass is 9.78. The van der Waals surface area contributed by atoms with Crippen LogP contribution in [0.4, 0.5) is 0 Å². The van der Waals surface area contributed by atoms with Gasteiger partial charge in [0.25, 0.3) is 0 Å². The first kappa shape index (κ1) is 24.1. The molecule has 4 heteroatoms. The molecule has 2 aliphatic rings. The molecule has 2 aliphatic heterocycles. The van der Waals surface area contributed by atoms with E-state index >= 15 is 0 Å². The molecule has 180 valence electrons. The minimum atomic E-state index is 0.413. The Kier molecular flexibility index (Phi) is 9.08. The number of rotatable bonds is 14. The summed E-state index contributed by atoms with van der Waals surface area (Å²) in [5.41, 5.74) is 0. The second kappa shape index (κ2) is 12.4. The van der Waals surface area contributed by atoms with Gasteiger partial charge in [-0.25, -0.2) is 0 Å². The largest absolute Gasteiger partial charge is 0.496 e. The Morgan fingerprint density at radius 1 is 0.879 bits per heavy atom. The zero-order chi connectivity index (χ0) is 22.9. The van der Waals surface area contributed by atoms with E-state index in [2.05, 4.69) is 31.2 Å². The maximum Gasteiger partial charge on any atom is 0.127 e. The SMILES string of the molecule is CCCCCCOC[C@H]1[C@@H](C/C=C\CCOc2ccc(OC)c3ccccc23)[C@H]2CC[C@@H]1O2. The highest BCUT2D eigenvalue weighted by Gasteiger charge is 2.48. The molecule has 2 aromatic rings. The molecule has 2 heterocycles. The topological polar surface area (TPSA) is 36.9 Å². The van der Waals surface area contributed by atoms with Crippen LogP contribution in [0.2, 0.25) is 0 Å². The molecule has 4 rings (SSSR count). The van der Waals surface area contributed by atoms with Crippen molar-refractivity contribution in [1.82, 2.24) is 0 Å². The molecule has 2 saturated heterocycles. The lowest BCUT2D eigenvalue weighted by Crippen LogP contribution is -2.30. The van der Waals surface area contributed by atoms with E-state index in [9.17, 15) is 0 Å². The molecular formula is C29H40O4. The highest BCUT2D eigenvalue weighted by Crippen LogP contribution is 2.45. The number of unbranched alkanes of at least 4 members (excludes halogenated alkanes) is 3. The smallest absolute Gasteiger partial charge is 0.127 e. The Bertz CT molecular complexity index is 892. The van der Waals surface area contributed by atoms with Crippen LogP contribution in [-0.2, 0) is 9.47 Å². The number of methoxy groups -OCH3 is 1. The summed E-state index contributed by atoms with van der Waals surface area (Å²) < 4.78 is 23.9. The Labute approximate surface area is 199 Å². The molecule has 4 atom stereocenters. The zero-order valence-electron chi connectivity index (χ0n) is 20.3. The molecular weight excluding hydrogens is 412 g/mol. The van der Waals surface area contributed by atoms with Crippen LogP contribution in [0.25, 0.3) is 10.8 Å². The van der Waals surface area contributed by atoms with E-state index in [1.54, 1.807) is 7.11 Å². The summed E-state index contributed by atoms with van der Waals surface area (Å²) in [6.45, 7) is 4.68. The van der Waals surface area contributed by atoms with Gasteiger partial charge < -0.3 is 18.9 Å². The monoisotopic (exact) mass is 452 g/mol. The van der Waals surface area contributed by atoms with Crippen LogP contribution in [0, 0.1) is 11.8 Å². The summed E-state index contributed by atoms with van der Waals surface area (Å²) in [5, 5.41) is 2.18. The van der Waals surface area contributed by atoms with Crippen molar-refractivity contribution in [1.29, 1.82) is 0 Å². The molecule has 0 N–H and O–H groups in total. The van der Waals surface area contributed by atoms with Crippen molar-refractivity contribution in [2.75, 3.05) is 26.9 Å². The summed E-state index contributed by atoms with van der Waals surface area (Å²) in [6, 6.07) is 12.2. The fraction of sp³-hybridized carbons (Fsp3) is 0.586. The van der Waals surface area contributed by atoms with E-state index in [-0.39, 0.29) is 0 Å². The third kappa shape index (κ3) is 6.10. The van der Waals surface area contributed by atoms with Crippen molar-refractivity contribution >= 4 is 10.8 Å². The second-order valence-electron chi connectivity index (χ2n) is 9.41. The van der Waals surface area contributed by atoms with Gasteiger partial charge in [0.05, 0.1) is 32.5 Å². The zero-order valence-corrected chi connectivity index (χ0v) is 20.3. The summed E-state index contributed by atoms with van der Waals surface area (Å²) >= 11 is 0. The molecule has 2 fully saturated rings. The van der Waals surface area contributed by atoms with Gasteiger partial charge in [-0.3, -0.25) is 0 Å². The second-order valence-corrected chi connectivity index (χ2v) is 9.41. The van der Waals surface area contributed by atoms with Gasteiger partial charge in [0.1, 0.15) is 11.5 Å². The first-order valence-electron chi connectivity index (χ1n) is 12.9. The van der Waals surface area contributed by atoms with Gasteiger partial charge in [-0.15, -0.1) is 0 Å². The van der Waals surface area contributed by atoms with Gasteiger partial charge in [-0.2, -0.15) is 0 Å². The number of hydrogen-bond donors (Lipinski definition) is 0. The highest BCUT2D eigenvalue weighted by molar-refractivity contribution is 5.93. The summed E-state index contributed by atoms with van der Waals surface area (Å²) in [7, 11) is 1.71. The Morgan fingerprint density at radius 3 is 2.42 bits per heavy atom. The predicted octanol–water partition coefficient (Wildman–Crippen LogP) is 6.95. The minimum absolute atomic E-state index is 0.413. The maximum absolute atomic E-state index is 6.24. The number of fused-ring (bicyclic) bond motifs is 3. The van der Waals surface area contributed by atoms with Gasteiger partial charge >= 0.3 is 0 Å². The average Bonchev–Trinajstić information content (AvgIpc) is 3.45. The van der Waals surface area contributed by atoms with Crippen LogP contribution in [0.5, 0.6) is 11.5 Å². The molecule has 4 nitrogen and oxygen atoms in total. The number of ether oxygens (including phenoxy) is 4. The normalized spacial score (nSPS) is 24.2. The van der Waals surface area contributed by atoms with E-state index < -0.39 is 0 Å². The standard InChI is InChI=1S/C29H40O4/c1-3-4-5-10-19-31-21-25-24(28-17-18-29(25)33-28)12-7-6-11-20-32-27-16-15-26(30-2)22-13-8-9-14-23(22)27/h6-9,13-16,24-25,28-29H,3-5,10-12,17-21H2,1-2H3/b7-6-/t24-,25+,28-,29+/m1/s1. The average molecular weight is 453 g/mol. The van der Waals surface area contributed by atoms with Crippen LogP contribution in [-0.4, -0.2) is 39.1 Å². The van der Waals surface area contributed by atoms with Gasteiger partial charge in [0.15, 0.2) is 0 Å². The van der Waals surface area contributed by atoms with Crippen LogP contribution < -0.4 is 9.47 Å². The Balaban J connectivity index is 1.21. The molecule has 0 spiro atoms. The van der Waals surface area contributed by atoms with E-state index in [1.807, 2.05) is 24.3 Å². The van der Waals surface area contributed by atoms with Crippen molar-refractivity contribution in [3.63, 3.8) is 0 Å². The van der Waals surface area contributed by atoms with Crippen LogP contribution >= 0.6 is 0 Å². The summed E-state index contributed by atoms with van der Waals surface area (Å²) in [6.07, 6.45) is 14.9. The molecule has 2 bridgehead atoms. The Hall–Kier alpha value is -2.04. The van der Waals surface area contributed by atoms with Gasteiger partial charge in [0.2, 0.25) is 0 Å². The van der Waals surface area contributed by atoms with Gasteiger partial charge in [0, 0.05) is 23.3 Å². The molecule has 0 amide bonds. The lowest BCUT2D eigenvalue weighted by molar-refractivity contribution is 0.0478. The van der Waals surface area contributed by atoms with Crippen molar-refractivity contribution < 1.29 is 18.9 Å². The third-order valence-corrected chi connectivity index (χ3v) is 7.22. The highest BCUT2D eigenvalue weighted by atomic mass is 16.5. The molecule has 0 unspecified atom stereocenters. The van der Waals surface area contributed by atoms with Crippen LogP contribution in [0.15, 0.2) is 48.6 Å². The van der Waals surface area contributed by atoms with Crippen molar-refractivity contribution in [3.8, 4) is 11.5 Å². The fourth-order valence-corrected chi connectivity index (χ4v) is 5.43. The quantitative estimate of drug-likeness (QED) is 0.229. The van der Waals surface area contributed by atoms with Crippen LogP contribution in [0.1, 0.15) is 58.3 Å². The van der Waals surface area contributed by atoms with Gasteiger partial charge in [-0.05, 0) is 50.2 Å². The minimum Gasteiger partial charge on any atom is -0.496 e. The first-order valence-corrected chi connectivity index (χ1v) is 12.9. The van der Waals surface area contributed by atoms with Crippen LogP contribution in [0.3, 0.4) is 0 Å². The number of allylic oxidation sites excluding steroid dienone is 1. The Morgan fingerprint density at radius 2 is 1.64 bits per heavy atom. The maximum atomic E-state index is 6.24. The molecule has 33 heavy (non-hydrogen) atoms. The van der Waals surface area contributed by atoms with Crippen molar-refractivity contribution in [2.45, 2.75) is 70.5 Å². The van der Waals surface area contributed by atoms with Crippen molar-refractivity contribution in [2.24, 2.45) is 11.8 Å². The van der Waals surface area contributed by atoms with E-state index in [0.717, 1.165) is 48.3 Å². The molecule has 0 radical (unpaired) electrons. The van der Waals surface area contributed by atoms with Gasteiger partial charge in [-0.1, -0.05) is 62.6 Å². The number of hydrogen-bond acceptors (Lipinski definition) is 4. The summed E-state index contributed by atoms with van der Waals surface area (Å²) in [4.78, 5) is 0. The fourth-order valence-electron chi connectivity index (χ4n) is 5.43. The molecule has 0 aliphatic carbocycles. The molecule has 0 saturated carbocycles. The third-order valence-electron chi connectivity index (χ3n) is 7.22. The van der Waals surface area contributed by atoms with E-state index in [4.69, 9.17) is 18.9 Å². The lowest BCUT2D eigenvalue weighted by Gasteiger charge is -2.27. The predicted molar refractivity (Wildman–Crippen MR) is 134 cm³/mol. The molecule has 2 aromatic carbocycles.